The molecule has 0 amide bonds. The van der Waals surface area contributed by atoms with Crippen LogP contribution in [-0.4, -0.2) is 27.8 Å². The highest BCUT2D eigenvalue weighted by Crippen LogP contribution is 2.30. The molecule has 0 aliphatic carbocycles. The highest BCUT2D eigenvalue weighted by molar-refractivity contribution is 7.98. The van der Waals surface area contributed by atoms with Gasteiger partial charge in [0.25, 0.3) is 0 Å². The number of methoxy groups -OCH3 is 1. The van der Waals surface area contributed by atoms with Crippen LogP contribution in [0.3, 0.4) is 0 Å². The van der Waals surface area contributed by atoms with Gasteiger partial charge in [0, 0.05) is 17.0 Å². The van der Waals surface area contributed by atoms with E-state index in [-0.39, 0.29) is 5.97 Å². The number of hydrogen-bond acceptors (Lipinski definition) is 5. The smallest absolute Gasteiger partial charge is 0.338 e. The Morgan fingerprint density at radius 2 is 1.73 bits per heavy atom. The van der Waals surface area contributed by atoms with Crippen molar-refractivity contribution in [2.45, 2.75) is 17.8 Å². The third-order valence-corrected chi connectivity index (χ3v) is 5.68. The standard InChI is InChI=1S/C24H21N3O2S/c1-17-9-8-11-18(15-17)22-25-26-24(27(22)20-12-4-3-5-13-20)30-16-19-10-6-7-14-21(19)23(28)29-2/h3-15H,16H2,1-2H3. The molecule has 4 rings (SSSR count). The summed E-state index contributed by atoms with van der Waals surface area (Å²) >= 11 is 1.54. The Morgan fingerprint density at radius 3 is 2.50 bits per heavy atom. The summed E-state index contributed by atoms with van der Waals surface area (Å²) in [6.45, 7) is 2.06. The zero-order valence-electron chi connectivity index (χ0n) is 16.8. The van der Waals surface area contributed by atoms with Crippen molar-refractivity contribution >= 4 is 17.7 Å². The van der Waals surface area contributed by atoms with Gasteiger partial charge in [0.2, 0.25) is 0 Å². The Morgan fingerprint density at radius 1 is 0.967 bits per heavy atom. The molecule has 0 atom stereocenters. The van der Waals surface area contributed by atoms with Crippen LogP contribution in [0.2, 0.25) is 0 Å². The first-order valence-electron chi connectivity index (χ1n) is 9.54. The first-order valence-corrected chi connectivity index (χ1v) is 10.5. The number of nitrogens with zero attached hydrogens (tertiary/aromatic N) is 3. The first kappa shape index (κ1) is 19.9. The highest BCUT2D eigenvalue weighted by atomic mass is 32.2. The minimum Gasteiger partial charge on any atom is -0.465 e. The quantitative estimate of drug-likeness (QED) is 0.315. The SMILES string of the molecule is COC(=O)c1ccccc1CSc1nnc(-c2cccc(C)c2)n1-c1ccccc1. The van der Waals surface area contributed by atoms with Crippen molar-refractivity contribution in [2.75, 3.05) is 7.11 Å². The van der Waals surface area contributed by atoms with E-state index >= 15 is 0 Å². The summed E-state index contributed by atoms with van der Waals surface area (Å²) in [6, 6.07) is 25.7. The molecule has 30 heavy (non-hydrogen) atoms. The molecule has 4 aromatic rings. The second-order valence-corrected chi connectivity index (χ2v) is 7.73. The summed E-state index contributed by atoms with van der Waals surface area (Å²) in [4.78, 5) is 12.1. The van der Waals surface area contributed by atoms with E-state index in [1.54, 1.807) is 6.07 Å². The lowest BCUT2D eigenvalue weighted by atomic mass is 10.1. The molecule has 0 aliphatic rings. The molecule has 3 aromatic carbocycles. The zero-order chi connectivity index (χ0) is 20.9. The minimum absolute atomic E-state index is 0.337. The van der Waals surface area contributed by atoms with Crippen LogP contribution in [0.15, 0.2) is 84.0 Å². The van der Waals surface area contributed by atoms with Gasteiger partial charge in [-0.1, -0.05) is 71.9 Å². The van der Waals surface area contributed by atoms with Crippen molar-refractivity contribution in [3.63, 3.8) is 0 Å². The fourth-order valence-corrected chi connectivity index (χ4v) is 4.20. The van der Waals surface area contributed by atoms with Crippen molar-refractivity contribution in [3.05, 3.63) is 95.6 Å². The molecule has 0 radical (unpaired) electrons. The largest absolute Gasteiger partial charge is 0.465 e. The third kappa shape index (κ3) is 4.14. The fourth-order valence-electron chi connectivity index (χ4n) is 3.24. The molecule has 0 spiro atoms. The van der Waals surface area contributed by atoms with E-state index in [1.165, 1.54) is 18.9 Å². The van der Waals surface area contributed by atoms with E-state index in [1.807, 2.05) is 60.7 Å². The number of esters is 1. The molecule has 0 N–H and O–H groups in total. The number of benzene rings is 3. The Bertz CT molecular complexity index is 1170. The van der Waals surface area contributed by atoms with E-state index < -0.39 is 0 Å². The van der Waals surface area contributed by atoms with Crippen LogP contribution < -0.4 is 0 Å². The summed E-state index contributed by atoms with van der Waals surface area (Å²) in [5, 5.41) is 9.72. The van der Waals surface area contributed by atoms with Crippen LogP contribution in [0.5, 0.6) is 0 Å². The van der Waals surface area contributed by atoms with Crippen molar-refractivity contribution in [3.8, 4) is 17.1 Å². The van der Waals surface area contributed by atoms with Gasteiger partial charge in [-0.2, -0.15) is 0 Å². The Labute approximate surface area is 179 Å². The lowest BCUT2D eigenvalue weighted by Crippen LogP contribution is -2.05. The number of ether oxygens (including phenoxy) is 1. The molecule has 1 heterocycles. The number of aromatic nitrogens is 3. The molecule has 0 fully saturated rings. The maximum Gasteiger partial charge on any atom is 0.338 e. The molecule has 6 heteroatoms. The van der Waals surface area contributed by atoms with Crippen molar-refractivity contribution in [1.29, 1.82) is 0 Å². The summed E-state index contributed by atoms with van der Waals surface area (Å²) in [7, 11) is 1.40. The van der Waals surface area contributed by atoms with E-state index in [0.717, 1.165) is 33.4 Å². The number of rotatable bonds is 6. The molecule has 0 saturated heterocycles. The lowest BCUT2D eigenvalue weighted by molar-refractivity contribution is 0.0600. The topological polar surface area (TPSA) is 57.0 Å². The van der Waals surface area contributed by atoms with Gasteiger partial charge < -0.3 is 4.74 Å². The number of carbonyl (C=O) groups excluding carboxylic acids is 1. The van der Waals surface area contributed by atoms with Crippen LogP contribution >= 0.6 is 11.8 Å². The normalized spacial score (nSPS) is 10.7. The fraction of sp³-hybridized carbons (Fsp3) is 0.125. The molecule has 1 aromatic heterocycles. The average molecular weight is 416 g/mol. The number of hydrogen-bond donors (Lipinski definition) is 0. The van der Waals surface area contributed by atoms with Gasteiger partial charge in [0.05, 0.1) is 12.7 Å². The van der Waals surface area contributed by atoms with E-state index in [0.29, 0.717) is 11.3 Å². The maximum atomic E-state index is 12.1. The molecule has 0 aliphatic heterocycles. The van der Waals surface area contributed by atoms with Crippen LogP contribution in [-0.2, 0) is 10.5 Å². The molecule has 5 nitrogen and oxygen atoms in total. The van der Waals surface area contributed by atoms with Gasteiger partial charge in [0.1, 0.15) is 0 Å². The Kier molecular flexibility index (Phi) is 5.95. The van der Waals surface area contributed by atoms with Crippen molar-refractivity contribution < 1.29 is 9.53 Å². The van der Waals surface area contributed by atoms with Gasteiger partial charge in [-0.25, -0.2) is 4.79 Å². The summed E-state index contributed by atoms with van der Waals surface area (Å²) in [6.07, 6.45) is 0. The van der Waals surface area contributed by atoms with Crippen molar-refractivity contribution in [1.82, 2.24) is 14.8 Å². The Balaban J connectivity index is 1.72. The summed E-state index contributed by atoms with van der Waals surface area (Å²) in [5.41, 5.74) is 4.62. The zero-order valence-corrected chi connectivity index (χ0v) is 17.6. The van der Waals surface area contributed by atoms with E-state index in [9.17, 15) is 4.79 Å². The van der Waals surface area contributed by atoms with Gasteiger partial charge in [-0.05, 0) is 36.8 Å². The molecular weight excluding hydrogens is 394 g/mol. The monoisotopic (exact) mass is 415 g/mol. The number of carbonyl (C=O) groups is 1. The highest BCUT2D eigenvalue weighted by Gasteiger charge is 2.18. The summed E-state index contributed by atoms with van der Waals surface area (Å²) in [5.74, 6) is 1.02. The van der Waals surface area contributed by atoms with Gasteiger partial charge in [-0.15, -0.1) is 10.2 Å². The molecular formula is C24H21N3O2S. The Hall–Kier alpha value is -3.38. The second kappa shape index (κ2) is 8.97. The molecule has 150 valence electrons. The van der Waals surface area contributed by atoms with Gasteiger partial charge >= 0.3 is 5.97 Å². The number of para-hydroxylation sites is 1. The predicted octanol–water partition coefficient (Wildman–Crippen LogP) is 5.32. The maximum absolute atomic E-state index is 12.1. The van der Waals surface area contributed by atoms with Crippen LogP contribution in [0.25, 0.3) is 17.1 Å². The van der Waals surface area contributed by atoms with Crippen LogP contribution in [0.1, 0.15) is 21.5 Å². The van der Waals surface area contributed by atoms with Crippen molar-refractivity contribution in [2.24, 2.45) is 0 Å². The summed E-state index contributed by atoms with van der Waals surface area (Å²) < 4.78 is 6.97. The predicted molar refractivity (Wildman–Crippen MR) is 119 cm³/mol. The number of aryl methyl sites for hydroxylation is 1. The molecule has 0 unspecified atom stereocenters. The second-order valence-electron chi connectivity index (χ2n) is 6.78. The molecule has 0 bridgehead atoms. The van der Waals surface area contributed by atoms with E-state index in [4.69, 9.17) is 4.74 Å². The van der Waals surface area contributed by atoms with Crippen LogP contribution in [0.4, 0.5) is 0 Å². The number of thioether (sulfide) groups is 1. The van der Waals surface area contributed by atoms with Gasteiger partial charge in [0.15, 0.2) is 11.0 Å². The third-order valence-electron chi connectivity index (χ3n) is 4.70. The minimum atomic E-state index is -0.337. The van der Waals surface area contributed by atoms with Crippen LogP contribution in [0, 0.1) is 6.92 Å². The average Bonchev–Trinajstić information content (AvgIpc) is 3.22. The molecule has 0 saturated carbocycles. The van der Waals surface area contributed by atoms with E-state index in [2.05, 4.69) is 33.8 Å². The lowest BCUT2D eigenvalue weighted by Gasteiger charge is -2.11. The van der Waals surface area contributed by atoms with Gasteiger partial charge in [-0.3, -0.25) is 4.57 Å². The first-order chi connectivity index (χ1) is 14.7.